The van der Waals surface area contributed by atoms with Gasteiger partial charge >= 0.3 is 0 Å². The molecule has 0 aromatic heterocycles. The maximum atomic E-state index is 8.59. The summed E-state index contributed by atoms with van der Waals surface area (Å²) in [4.78, 5) is 0. The van der Waals surface area contributed by atoms with Crippen molar-refractivity contribution >= 4 is 11.6 Å². The molecule has 1 aliphatic heterocycles. The van der Waals surface area contributed by atoms with Gasteiger partial charge in [-0.05, 0) is 11.6 Å². The van der Waals surface area contributed by atoms with Gasteiger partial charge in [-0.25, -0.2) is 5.48 Å². The van der Waals surface area contributed by atoms with Gasteiger partial charge in [0, 0.05) is 13.0 Å². The molecular weight excluding hydrogens is 206 g/mol. The average molecular weight is 218 g/mol. The molecule has 78 valence electrons. The van der Waals surface area contributed by atoms with E-state index in [1.54, 1.807) is 0 Å². The Hall–Kier alpha value is -0.710. The summed E-state index contributed by atoms with van der Waals surface area (Å²) in [5.41, 5.74) is 3.01. The second-order valence-electron chi connectivity index (χ2n) is 3.21. The van der Waals surface area contributed by atoms with Crippen LogP contribution >= 0.6 is 11.6 Å². The standard InChI is InChI=1S/C9H12ClNO3/c10-7-4-9-8(13-1-2-14-9)3-6(7)5-11-12/h3,7,11-12H,1-2,4-5H2. The summed E-state index contributed by atoms with van der Waals surface area (Å²) in [7, 11) is 0. The third kappa shape index (κ3) is 1.87. The molecule has 0 spiro atoms. The van der Waals surface area contributed by atoms with Gasteiger partial charge in [0.25, 0.3) is 0 Å². The molecule has 0 aromatic carbocycles. The minimum Gasteiger partial charge on any atom is -0.490 e. The summed E-state index contributed by atoms with van der Waals surface area (Å²) in [5, 5.41) is 8.47. The van der Waals surface area contributed by atoms with Gasteiger partial charge in [-0.2, -0.15) is 0 Å². The zero-order valence-corrected chi connectivity index (χ0v) is 8.38. The Kier molecular flexibility index (Phi) is 2.96. The highest BCUT2D eigenvalue weighted by Gasteiger charge is 2.25. The van der Waals surface area contributed by atoms with Crippen molar-refractivity contribution in [2.45, 2.75) is 11.8 Å². The molecule has 1 unspecified atom stereocenters. The molecule has 5 heteroatoms. The van der Waals surface area contributed by atoms with Crippen molar-refractivity contribution in [2.75, 3.05) is 19.8 Å². The van der Waals surface area contributed by atoms with Crippen LogP contribution in [0.5, 0.6) is 0 Å². The van der Waals surface area contributed by atoms with E-state index in [1.807, 2.05) is 6.08 Å². The first kappa shape index (κ1) is 9.83. The topological polar surface area (TPSA) is 50.7 Å². The first-order valence-electron chi connectivity index (χ1n) is 4.51. The van der Waals surface area contributed by atoms with E-state index in [-0.39, 0.29) is 5.38 Å². The second-order valence-corrected chi connectivity index (χ2v) is 3.74. The smallest absolute Gasteiger partial charge is 0.157 e. The van der Waals surface area contributed by atoms with Crippen LogP contribution in [-0.2, 0) is 9.47 Å². The maximum absolute atomic E-state index is 8.59. The highest BCUT2D eigenvalue weighted by atomic mass is 35.5. The third-order valence-electron chi connectivity index (χ3n) is 2.26. The van der Waals surface area contributed by atoms with E-state index in [0.29, 0.717) is 26.2 Å². The van der Waals surface area contributed by atoms with E-state index < -0.39 is 0 Å². The summed E-state index contributed by atoms with van der Waals surface area (Å²) in [6.45, 7) is 1.51. The van der Waals surface area contributed by atoms with Gasteiger partial charge in [-0.15, -0.1) is 11.6 Å². The highest BCUT2D eigenvalue weighted by Crippen LogP contribution is 2.30. The van der Waals surface area contributed by atoms with Gasteiger partial charge in [0.05, 0.1) is 5.38 Å². The van der Waals surface area contributed by atoms with Gasteiger partial charge in [0.1, 0.15) is 19.0 Å². The van der Waals surface area contributed by atoms with Crippen LogP contribution in [0.25, 0.3) is 0 Å². The van der Waals surface area contributed by atoms with Crippen LogP contribution in [0.15, 0.2) is 23.2 Å². The second kappa shape index (κ2) is 4.21. The molecule has 2 aliphatic rings. The zero-order valence-electron chi connectivity index (χ0n) is 7.62. The predicted octanol–water partition coefficient (Wildman–Crippen LogP) is 1.16. The average Bonchev–Trinajstić information content (AvgIpc) is 2.19. The van der Waals surface area contributed by atoms with Crippen LogP contribution in [-0.4, -0.2) is 30.3 Å². The molecule has 1 aliphatic carbocycles. The quantitative estimate of drug-likeness (QED) is 0.539. The van der Waals surface area contributed by atoms with Crippen molar-refractivity contribution in [3.8, 4) is 0 Å². The Balaban J connectivity index is 2.18. The molecule has 0 bridgehead atoms. The highest BCUT2D eigenvalue weighted by molar-refractivity contribution is 6.22. The molecule has 2 rings (SSSR count). The number of halogens is 1. The summed E-state index contributed by atoms with van der Waals surface area (Å²) in [5.74, 6) is 1.57. The number of ether oxygens (including phenoxy) is 2. The molecule has 1 atom stereocenters. The van der Waals surface area contributed by atoms with E-state index >= 15 is 0 Å². The van der Waals surface area contributed by atoms with Crippen molar-refractivity contribution in [2.24, 2.45) is 0 Å². The SMILES string of the molecule is ONCC1=CC2=C(CC1Cl)OCCO2. The molecule has 4 nitrogen and oxygen atoms in total. The van der Waals surface area contributed by atoms with E-state index in [0.717, 1.165) is 17.1 Å². The Morgan fingerprint density at radius 3 is 3.07 bits per heavy atom. The van der Waals surface area contributed by atoms with Crippen molar-refractivity contribution in [3.63, 3.8) is 0 Å². The van der Waals surface area contributed by atoms with E-state index in [9.17, 15) is 0 Å². The zero-order chi connectivity index (χ0) is 9.97. The summed E-state index contributed by atoms with van der Waals surface area (Å²) >= 11 is 6.09. The van der Waals surface area contributed by atoms with Crippen molar-refractivity contribution in [1.29, 1.82) is 0 Å². The Bertz CT molecular complexity index is 288. The lowest BCUT2D eigenvalue weighted by atomic mass is 10.0. The molecule has 0 saturated carbocycles. The predicted molar refractivity (Wildman–Crippen MR) is 51.1 cm³/mol. The van der Waals surface area contributed by atoms with Gasteiger partial charge in [0.2, 0.25) is 0 Å². The molecule has 14 heavy (non-hydrogen) atoms. The van der Waals surface area contributed by atoms with E-state index in [4.69, 9.17) is 26.3 Å². The fourth-order valence-electron chi connectivity index (χ4n) is 1.56. The van der Waals surface area contributed by atoms with Crippen LogP contribution in [0.4, 0.5) is 0 Å². The Morgan fingerprint density at radius 1 is 1.50 bits per heavy atom. The van der Waals surface area contributed by atoms with Gasteiger partial charge in [0.15, 0.2) is 5.76 Å². The minimum absolute atomic E-state index is 0.130. The third-order valence-corrected chi connectivity index (χ3v) is 2.69. The van der Waals surface area contributed by atoms with Gasteiger partial charge in [-0.3, -0.25) is 0 Å². The van der Waals surface area contributed by atoms with E-state index in [2.05, 4.69) is 5.48 Å². The first-order valence-corrected chi connectivity index (χ1v) is 4.95. The van der Waals surface area contributed by atoms with Crippen molar-refractivity contribution < 1.29 is 14.7 Å². The normalized spacial score (nSPS) is 26.1. The fourth-order valence-corrected chi connectivity index (χ4v) is 1.84. The molecule has 0 amide bonds. The lowest BCUT2D eigenvalue weighted by molar-refractivity contribution is 0.0622. The molecule has 0 saturated heterocycles. The minimum atomic E-state index is -0.130. The molecule has 2 N–H and O–H groups in total. The number of hydrogen-bond donors (Lipinski definition) is 2. The number of hydrogen-bond acceptors (Lipinski definition) is 4. The largest absolute Gasteiger partial charge is 0.490 e. The molecule has 0 radical (unpaired) electrons. The fraction of sp³-hybridized carbons (Fsp3) is 0.556. The summed E-state index contributed by atoms with van der Waals surface area (Å²) in [6, 6.07) is 0. The maximum Gasteiger partial charge on any atom is 0.157 e. The lowest BCUT2D eigenvalue weighted by Gasteiger charge is -2.27. The molecular formula is C9H12ClNO3. The molecule has 0 fully saturated rings. The number of allylic oxidation sites excluding steroid dienone is 2. The van der Waals surface area contributed by atoms with Gasteiger partial charge in [-0.1, -0.05) is 0 Å². The monoisotopic (exact) mass is 217 g/mol. The number of alkyl halides is 1. The Morgan fingerprint density at radius 2 is 2.29 bits per heavy atom. The van der Waals surface area contributed by atoms with E-state index in [1.165, 1.54) is 0 Å². The summed E-state index contributed by atoms with van der Waals surface area (Å²) in [6.07, 6.45) is 2.46. The van der Waals surface area contributed by atoms with Crippen molar-refractivity contribution in [3.05, 3.63) is 23.2 Å². The lowest BCUT2D eigenvalue weighted by Crippen LogP contribution is -2.25. The Labute approximate surface area is 87.1 Å². The van der Waals surface area contributed by atoms with Crippen LogP contribution in [0, 0.1) is 0 Å². The first-order chi connectivity index (χ1) is 6.81. The van der Waals surface area contributed by atoms with Crippen LogP contribution in [0.3, 0.4) is 0 Å². The number of nitrogens with one attached hydrogen (secondary N) is 1. The number of rotatable bonds is 2. The van der Waals surface area contributed by atoms with Crippen LogP contribution in [0.2, 0.25) is 0 Å². The van der Waals surface area contributed by atoms with Crippen LogP contribution < -0.4 is 5.48 Å². The van der Waals surface area contributed by atoms with Crippen molar-refractivity contribution in [1.82, 2.24) is 5.48 Å². The number of hydroxylamine groups is 1. The summed E-state index contributed by atoms with van der Waals surface area (Å²) < 4.78 is 10.8. The molecule has 1 heterocycles. The van der Waals surface area contributed by atoms with Gasteiger partial charge < -0.3 is 14.7 Å². The molecule has 0 aromatic rings. The van der Waals surface area contributed by atoms with Crippen LogP contribution in [0.1, 0.15) is 6.42 Å².